The van der Waals surface area contributed by atoms with Crippen LogP contribution in [0.2, 0.25) is 0 Å². The summed E-state index contributed by atoms with van der Waals surface area (Å²) in [4.78, 5) is 3.90. The van der Waals surface area contributed by atoms with Gasteiger partial charge >= 0.3 is 0 Å². The Kier molecular flexibility index (Phi) is 4.41. The number of nitrogens with zero attached hydrogens (tertiary/aromatic N) is 1. The van der Waals surface area contributed by atoms with Crippen molar-refractivity contribution in [3.8, 4) is 0 Å². The van der Waals surface area contributed by atoms with Gasteiger partial charge in [0.1, 0.15) is 0 Å². The minimum absolute atomic E-state index is 0.872. The molecule has 1 heteroatoms. The first-order chi connectivity index (χ1) is 2.91. The molecule has 0 aromatic rings. The number of hydrogen-bond donors (Lipinski definition) is 0. The van der Waals surface area contributed by atoms with Gasteiger partial charge in [0.2, 0.25) is 0 Å². The SMILES string of the molecule is [CH2]CC/N=C/C. The number of aliphatic imine (C=N–C) groups is 1. The topological polar surface area (TPSA) is 12.4 Å². The fraction of sp³-hybridized carbons (Fsp3) is 0.600. The lowest BCUT2D eigenvalue weighted by Gasteiger charge is -1.77. The summed E-state index contributed by atoms with van der Waals surface area (Å²) in [6.45, 7) is 6.39. The zero-order valence-corrected chi connectivity index (χ0v) is 4.15. The van der Waals surface area contributed by atoms with Crippen LogP contribution in [0.15, 0.2) is 4.99 Å². The molecule has 0 aromatic carbocycles. The Balaban J connectivity index is 2.66. The van der Waals surface area contributed by atoms with Crippen LogP contribution < -0.4 is 0 Å². The Morgan fingerprint density at radius 1 is 1.83 bits per heavy atom. The molecule has 0 spiro atoms. The van der Waals surface area contributed by atoms with Gasteiger partial charge in [-0.1, -0.05) is 6.92 Å². The van der Waals surface area contributed by atoms with Crippen molar-refractivity contribution in [2.45, 2.75) is 13.3 Å². The third kappa shape index (κ3) is 3.67. The first kappa shape index (κ1) is 5.67. The van der Waals surface area contributed by atoms with Crippen LogP contribution in [0.1, 0.15) is 13.3 Å². The molecule has 0 aromatic heterocycles. The lowest BCUT2D eigenvalue weighted by atomic mass is 10.5. The van der Waals surface area contributed by atoms with E-state index in [-0.39, 0.29) is 0 Å². The van der Waals surface area contributed by atoms with Gasteiger partial charge in [0.15, 0.2) is 0 Å². The molecule has 0 saturated heterocycles. The van der Waals surface area contributed by atoms with Crippen LogP contribution in [0, 0.1) is 6.92 Å². The standard InChI is InChI=1S/C5H10N/c1-3-5-6-4-2/h4H,1,3,5H2,2H3/b6-4+. The predicted molar refractivity (Wildman–Crippen MR) is 29.0 cm³/mol. The molecule has 0 fully saturated rings. The second kappa shape index (κ2) is 4.67. The molecule has 0 heterocycles. The summed E-state index contributed by atoms with van der Waals surface area (Å²) in [5.41, 5.74) is 0. The van der Waals surface area contributed by atoms with E-state index in [0.29, 0.717) is 0 Å². The second-order valence-electron chi connectivity index (χ2n) is 1.02. The molecule has 6 heavy (non-hydrogen) atoms. The monoisotopic (exact) mass is 84.1 g/mol. The largest absolute Gasteiger partial charge is 0.298 e. The molecule has 0 aliphatic carbocycles. The quantitative estimate of drug-likeness (QED) is 0.447. The molecular formula is C5H10N. The zero-order valence-electron chi connectivity index (χ0n) is 4.15. The fourth-order valence-corrected chi connectivity index (χ4v) is 0.220. The second-order valence-corrected chi connectivity index (χ2v) is 1.02. The lowest BCUT2D eigenvalue weighted by molar-refractivity contribution is 1.01. The van der Waals surface area contributed by atoms with Crippen molar-refractivity contribution in [1.82, 2.24) is 0 Å². The first-order valence-electron chi connectivity index (χ1n) is 2.15. The summed E-state index contributed by atoms with van der Waals surface area (Å²) >= 11 is 0. The molecule has 0 N–H and O–H groups in total. The highest BCUT2D eigenvalue weighted by atomic mass is 14.7. The van der Waals surface area contributed by atoms with Gasteiger partial charge in [0.25, 0.3) is 0 Å². The smallest absolute Gasteiger partial charge is 0.0385 e. The minimum Gasteiger partial charge on any atom is -0.298 e. The van der Waals surface area contributed by atoms with E-state index in [4.69, 9.17) is 0 Å². The predicted octanol–water partition coefficient (Wildman–Crippen LogP) is 1.30. The van der Waals surface area contributed by atoms with Crippen LogP contribution in [0.3, 0.4) is 0 Å². The Morgan fingerprint density at radius 3 is 2.67 bits per heavy atom. The van der Waals surface area contributed by atoms with Crippen molar-refractivity contribution in [2.75, 3.05) is 6.54 Å². The molecule has 1 radical (unpaired) electrons. The van der Waals surface area contributed by atoms with E-state index in [0.717, 1.165) is 13.0 Å². The fourth-order valence-electron chi connectivity index (χ4n) is 0.220. The summed E-state index contributed by atoms with van der Waals surface area (Å²) in [6.07, 6.45) is 2.70. The highest BCUT2D eigenvalue weighted by Gasteiger charge is 1.65. The molecule has 1 nitrogen and oxygen atoms in total. The average molecular weight is 84.1 g/mol. The Morgan fingerprint density at radius 2 is 2.50 bits per heavy atom. The maximum absolute atomic E-state index is 3.90. The molecule has 35 valence electrons. The van der Waals surface area contributed by atoms with Gasteiger partial charge < -0.3 is 0 Å². The van der Waals surface area contributed by atoms with Crippen molar-refractivity contribution in [2.24, 2.45) is 4.99 Å². The van der Waals surface area contributed by atoms with Crippen LogP contribution in [0.5, 0.6) is 0 Å². The van der Waals surface area contributed by atoms with Crippen molar-refractivity contribution in [1.29, 1.82) is 0 Å². The van der Waals surface area contributed by atoms with Gasteiger partial charge in [-0.3, -0.25) is 4.99 Å². The highest BCUT2D eigenvalue weighted by molar-refractivity contribution is 5.53. The van der Waals surface area contributed by atoms with Crippen molar-refractivity contribution in [3.63, 3.8) is 0 Å². The van der Waals surface area contributed by atoms with E-state index in [1.807, 2.05) is 6.92 Å². The number of rotatable bonds is 2. The van der Waals surface area contributed by atoms with Crippen molar-refractivity contribution < 1.29 is 0 Å². The summed E-state index contributed by atoms with van der Waals surface area (Å²) in [5, 5.41) is 0. The molecule has 0 atom stereocenters. The normalized spacial score (nSPS) is 10.3. The van der Waals surface area contributed by atoms with Crippen molar-refractivity contribution >= 4 is 6.21 Å². The minimum atomic E-state index is 0.872. The Bertz CT molecular complexity index is 39.2. The lowest BCUT2D eigenvalue weighted by Crippen LogP contribution is -1.71. The average Bonchev–Trinajstić information content (AvgIpc) is 1.61. The number of hydrogen-bond acceptors (Lipinski definition) is 1. The van der Waals surface area contributed by atoms with E-state index in [2.05, 4.69) is 11.9 Å². The Labute approximate surface area is 39.1 Å². The summed E-state index contributed by atoms with van der Waals surface area (Å²) < 4.78 is 0. The van der Waals surface area contributed by atoms with Crippen LogP contribution in [-0.2, 0) is 0 Å². The summed E-state index contributed by atoms with van der Waals surface area (Å²) in [5.74, 6) is 0. The van der Waals surface area contributed by atoms with Crippen LogP contribution in [-0.4, -0.2) is 12.8 Å². The van der Waals surface area contributed by atoms with E-state index in [9.17, 15) is 0 Å². The van der Waals surface area contributed by atoms with Gasteiger partial charge in [-0.05, 0) is 19.6 Å². The van der Waals surface area contributed by atoms with Crippen LogP contribution in [0.25, 0.3) is 0 Å². The van der Waals surface area contributed by atoms with Gasteiger partial charge in [-0.25, -0.2) is 0 Å². The van der Waals surface area contributed by atoms with Crippen LogP contribution >= 0.6 is 0 Å². The molecule has 0 rings (SSSR count). The molecule has 0 amide bonds. The van der Waals surface area contributed by atoms with E-state index in [1.165, 1.54) is 0 Å². The molecule has 0 aliphatic rings. The third-order valence-electron chi connectivity index (χ3n) is 0.470. The highest BCUT2D eigenvalue weighted by Crippen LogP contribution is 1.71. The first-order valence-corrected chi connectivity index (χ1v) is 2.15. The maximum atomic E-state index is 3.90. The van der Waals surface area contributed by atoms with Gasteiger partial charge in [-0.2, -0.15) is 0 Å². The van der Waals surface area contributed by atoms with E-state index >= 15 is 0 Å². The van der Waals surface area contributed by atoms with Gasteiger partial charge in [-0.15, -0.1) is 0 Å². The van der Waals surface area contributed by atoms with Gasteiger partial charge in [0, 0.05) is 6.54 Å². The maximum Gasteiger partial charge on any atom is 0.0385 e. The molecule has 0 saturated carbocycles. The summed E-state index contributed by atoms with van der Waals surface area (Å²) in [6, 6.07) is 0. The van der Waals surface area contributed by atoms with Crippen molar-refractivity contribution in [3.05, 3.63) is 6.92 Å². The summed E-state index contributed by atoms with van der Waals surface area (Å²) in [7, 11) is 0. The van der Waals surface area contributed by atoms with Crippen LogP contribution in [0.4, 0.5) is 0 Å². The van der Waals surface area contributed by atoms with Gasteiger partial charge in [0.05, 0.1) is 0 Å². The van der Waals surface area contributed by atoms with E-state index in [1.54, 1.807) is 6.21 Å². The molecule has 0 bridgehead atoms. The third-order valence-corrected chi connectivity index (χ3v) is 0.470. The molecular weight excluding hydrogens is 74.1 g/mol. The molecule has 0 unspecified atom stereocenters. The zero-order chi connectivity index (χ0) is 4.83. The Hall–Kier alpha value is -0.330. The van der Waals surface area contributed by atoms with E-state index < -0.39 is 0 Å². The molecule has 0 aliphatic heterocycles.